The predicted molar refractivity (Wildman–Crippen MR) is 83.9 cm³/mol. The Labute approximate surface area is 122 Å². The second-order valence-corrected chi connectivity index (χ2v) is 5.69. The molecule has 0 spiro atoms. The third kappa shape index (κ3) is 4.49. The van der Waals surface area contributed by atoms with Crippen molar-refractivity contribution in [3.63, 3.8) is 0 Å². The molecule has 1 aromatic carbocycles. The summed E-state index contributed by atoms with van der Waals surface area (Å²) in [4.78, 5) is 0. The lowest BCUT2D eigenvalue weighted by molar-refractivity contribution is 0.506. The molecule has 0 amide bonds. The minimum Gasteiger partial charge on any atom is -0.314 e. The summed E-state index contributed by atoms with van der Waals surface area (Å²) in [7, 11) is 1.97. The number of rotatable bonds is 7. The van der Waals surface area contributed by atoms with Gasteiger partial charge >= 0.3 is 0 Å². The van der Waals surface area contributed by atoms with Crippen LogP contribution < -0.4 is 5.32 Å². The molecule has 3 nitrogen and oxygen atoms in total. The first-order valence-electron chi connectivity index (χ1n) is 7.42. The van der Waals surface area contributed by atoms with Crippen molar-refractivity contribution < 1.29 is 0 Å². The topological polar surface area (TPSA) is 29.9 Å². The largest absolute Gasteiger partial charge is 0.314 e. The number of aromatic nitrogens is 2. The average Bonchev–Trinajstić information content (AvgIpc) is 2.85. The Hall–Kier alpha value is -1.61. The number of hydrogen-bond acceptors (Lipinski definition) is 2. The Kier molecular flexibility index (Phi) is 5.36. The molecule has 1 unspecified atom stereocenters. The fraction of sp³-hybridized carbons (Fsp3) is 0.471. The predicted octanol–water partition coefficient (Wildman–Crippen LogP) is 3.13. The quantitative estimate of drug-likeness (QED) is 0.838. The minimum absolute atomic E-state index is 0.524. The van der Waals surface area contributed by atoms with Crippen LogP contribution in [0.1, 0.15) is 37.4 Å². The van der Waals surface area contributed by atoms with Gasteiger partial charge in [0.1, 0.15) is 0 Å². The standard InChI is InChI=1S/C17H25N3/c1-14(2)18-13-16(15-7-5-4-6-8-15)9-10-17-11-12-20(3)19-17/h4-8,11-12,14,16,18H,9-10,13H2,1-3H3. The molecule has 0 aliphatic carbocycles. The molecule has 20 heavy (non-hydrogen) atoms. The molecule has 0 radical (unpaired) electrons. The van der Waals surface area contributed by atoms with Crippen molar-refractivity contribution in [2.75, 3.05) is 6.54 Å². The van der Waals surface area contributed by atoms with Crippen LogP contribution in [0.5, 0.6) is 0 Å². The number of nitrogens with one attached hydrogen (secondary N) is 1. The molecule has 0 saturated heterocycles. The maximum Gasteiger partial charge on any atom is 0.0624 e. The third-order valence-corrected chi connectivity index (χ3v) is 3.56. The van der Waals surface area contributed by atoms with E-state index in [-0.39, 0.29) is 0 Å². The van der Waals surface area contributed by atoms with Crippen LogP contribution in [0.15, 0.2) is 42.6 Å². The van der Waals surface area contributed by atoms with Crippen LogP contribution in [-0.4, -0.2) is 22.4 Å². The molecule has 1 N–H and O–H groups in total. The molecule has 0 fully saturated rings. The molecule has 2 rings (SSSR count). The van der Waals surface area contributed by atoms with Crippen molar-refractivity contribution in [2.24, 2.45) is 7.05 Å². The number of hydrogen-bond donors (Lipinski definition) is 1. The molecule has 2 aromatic rings. The van der Waals surface area contributed by atoms with E-state index in [0.29, 0.717) is 12.0 Å². The summed E-state index contributed by atoms with van der Waals surface area (Å²) < 4.78 is 1.87. The fourth-order valence-electron chi connectivity index (χ4n) is 2.41. The third-order valence-electron chi connectivity index (χ3n) is 3.56. The zero-order chi connectivity index (χ0) is 14.4. The molecular weight excluding hydrogens is 246 g/mol. The van der Waals surface area contributed by atoms with Crippen molar-refractivity contribution in [3.05, 3.63) is 53.9 Å². The summed E-state index contributed by atoms with van der Waals surface area (Å²) in [6.07, 6.45) is 4.17. The smallest absolute Gasteiger partial charge is 0.0624 e. The van der Waals surface area contributed by atoms with E-state index in [1.165, 1.54) is 11.3 Å². The number of nitrogens with zero attached hydrogens (tertiary/aromatic N) is 2. The highest BCUT2D eigenvalue weighted by molar-refractivity contribution is 5.20. The van der Waals surface area contributed by atoms with Crippen molar-refractivity contribution in [1.29, 1.82) is 0 Å². The van der Waals surface area contributed by atoms with Gasteiger partial charge < -0.3 is 5.32 Å². The van der Waals surface area contributed by atoms with E-state index in [4.69, 9.17) is 0 Å². The highest BCUT2D eigenvalue weighted by Crippen LogP contribution is 2.20. The van der Waals surface area contributed by atoms with Crippen LogP contribution in [0.25, 0.3) is 0 Å². The zero-order valence-electron chi connectivity index (χ0n) is 12.7. The van der Waals surface area contributed by atoms with Gasteiger partial charge in [-0.05, 0) is 30.4 Å². The molecule has 1 atom stereocenters. The maximum atomic E-state index is 4.47. The van der Waals surface area contributed by atoms with Crippen molar-refractivity contribution >= 4 is 0 Å². The van der Waals surface area contributed by atoms with Crippen LogP contribution >= 0.6 is 0 Å². The van der Waals surface area contributed by atoms with Crippen LogP contribution in [0, 0.1) is 0 Å². The van der Waals surface area contributed by atoms with Crippen LogP contribution in [0.3, 0.4) is 0 Å². The molecule has 1 heterocycles. The molecule has 0 aliphatic rings. The van der Waals surface area contributed by atoms with Gasteiger partial charge in [0.2, 0.25) is 0 Å². The summed E-state index contributed by atoms with van der Waals surface area (Å²) in [5, 5.41) is 8.03. The lowest BCUT2D eigenvalue weighted by Gasteiger charge is -2.19. The first kappa shape index (κ1) is 14.8. The molecule has 108 valence electrons. The minimum atomic E-state index is 0.524. The van der Waals surface area contributed by atoms with Gasteiger partial charge in [0.25, 0.3) is 0 Å². The lowest BCUT2D eigenvalue weighted by atomic mass is 9.93. The average molecular weight is 271 g/mol. The summed E-state index contributed by atoms with van der Waals surface area (Å²) in [6.45, 7) is 5.41. The van der Waals surface area contributed by atoms with Gasteiger partial charge in [-0.25, -0.2) is 0 Å². The van der Waals surface area contributed by atoms with E-state index in [1.807, 2.05) is 17.9 Å². The normalized spacial score (nSPS) is 12.8. The Balaban J connectivity index is 1.98. The van der Waals surface area contributed by atoms with Gasteiger partial charge in [0.15, 0.2) is 0 Å². The van der Waals surface area contributed by atoms with Gasteiger partial charge in [-0.2, -0.15) is 5.10 Å². The van der Waals surface area contributed by atoms with E-state index in [2.05, 4.69) is 60.7 Å². The number of aryl methyl sites for hydroxylation is 2. The zero-order valence-corrected chi connectivity index (χ0v) is 12.7. The van der Waals surface area contributed by atoms with Crippen LogP contribution in [-0.2, 0) is 13.5 Å². The fourth-order valence-corrected chi connectivity index (χ4v) is 2.41. The van der Waals surface area contributed by atoms with Crippen molar-refractivity contribution in [3.8, 4) is 0 Å². The Morgan fingerprint density at radius 3 is 2.50 bits per heavy atom. The van der Waals surface area contributed by atoms with Gasteiger partial charge in [-0.3, -0.25) is 4.68 Å². The Bertz CT molecular complexity index is 502. The number of benzene rings is 1. The first-order valence-corrected chi connectivity index (χ1v) is 7.42. The van der Waals surface area contributed by atoms with E-state index < -0.39 is 0 Å². The molecule has 1 aromatic heterocycles. The van der Waals surface area contributed by atoms with Gasteiger partial charge in [-0.1, -0.05) is 44.2 Å². The first-order chi connectivity index (χ1) is 9.65. The van der Waals surface area contributed by atoms with Crippen LogP contribution in [0.2, 0.25) is 0 Å². The van der Waals surface area contributed by atoms with Gasteiger partial charge in [0.05, 0.1) is 5.69 Å². The van der Waals surface area contributed by atoms with E-state index in [1.54, 1.807) is 0 Å². The lowest BCUT2D eigenvalue weighted by Crippen LogP contribution is -2.28. The summed E-state index contributed by atoms with van der Waals surface area (Å²) in [6, 6.07) is 13.4. The highest BCUT2D eigenvalue weighted by atomic mass is 15.2. The van der Waals surface area contributed by atoms with E-state index in [9.17, 15) is 0 Å². The Morgan fingerprint density at radius 1 is 1.15 bits per heavy atom. The maximum absolute atomic E-state index is 4.47. The van der Waals surface area contributed by atoms with Gasteiger partial charge in [-0.15, -0.1) is 0 Å². The van der Waals surface area contributed by atoms with Gasteiger partial charge in [0, 0.05) is 25.8 Å². The second kappa shape index (κ2) is 7.25. The molecule has 0 bridgehead atoms. The van der Waals surface area contributed by atoms with Crippen molar-refractivity contribution in [2.45, 2.75) is 38.6 Å². The monoisotopic (exact) mass is 271 g/mol. The second-order valence-electron chi connectivity index (χ2n) is 5.69. The summed E-state index contributed by atoms with van der Waals surface area (Å²) >= 11 is 0. The summed E-state index contributed by atoms with van der Waals surface area (Å²) in [5.41, 5.74) is 2.59. The molecular formula is C17H25N3. The molecule has 0 aliphatic heterocycles. The van der Waals surface area contributed by atoms with E-state index in [0.717, 1.165) is 19.4 Å². The molecule has 0 saturated carbocycles. The SMILES string of the molecule is CC(C)NCC(CCc1ccn(C)n1)c1ccccc1. The van der Waals surface area contributed by atoms with E-state index >= 15 is 0 Å². The summed E-state index contributed by atoms with van der Waals surface area (Å²) in [5.74, 6) is 0.542. The van der Waals surface area contributed by atoms with Crippen LogP contribution in [0.4, 0.5) is 0 Å². The highest BCUT2D eigenvalue weighted by Gasteiger charge is 2.12. The molecule has 3 heteroatoms. The Morgan fingerprint density at radius 2 is 1.90 bits per heavy atom. The van der Waals surface area contributed by atoms with Crippen molar-refractivity contribution in [1.82, 2.24) is 15.1 Å².